The molecule has 0 saturated heterocycles. The molecule has 3 aromatic carbocycles. The van der Waals surface area contributed by atoms with Gasteiger partial charge < -0.3 is 14.8 Å². The van der Waals surface area contributed by atoms with Gasteiger partial charge in [0.15, 0.2) is 11.5 Å². The summed E-state index contributed by atoms with van der Waals surface area (Å²) >= 11 is 0. The van der Waals surface area contributed by atoms with Gasteiger partial charge in [0.05, 0.1) is 21.7 Å². The number of rotatable bonds is 4. The third kappa shape index (κ3) is 3.45. The molecule has 8 nitrogen and oxygen atoms in total. The Kier molecular flexibility index (Phi) is 4.63. The summed E-state index contributed by atoms with van der Waals surface area (Å²) < 4.78 is 24.4. The van der Waals surface area contributed by atoms with Crippen molar-refractivity contribution in [2.24, 2.45) is 0 Å². The number of amides is 1. The maximum atomic E-state index is 13.6. The minimum Gasteiger partial charge on any atom is -0.454 e. The Morgan fingerprint density at radius 2 is 1.84 bits per heavy atom. The Labute approximate surface area is 180 Å². The summed E-state index contributed by atoms with van der Waals surface area (Å²) in [4.78, 5) is 27.9. The second-order valence-electron chi connectivity index (χ2n) is 7.02. The minimum atomic E-state index is -0.979. The van der Waals surface area contributed by atoms with E-state index in [0.29, 0.717) is 33.7 Å². The van der Waals surface area contributed by atoms with Gasteiger partial charge in [-0.05, 0) is 42.5 Å². The number of benzene rings is 3. The lowest BCUT2D eigenvalue weighted by Gasteiger charge is -2.11. The molecule has 0 spiro atoms. The molecule has 158 valence electrons. The molecule has 0 saturated carbocycles. The van der Waals surface area contributed by atoms with Crippen LogP contribution in [0.2, 0.25) is 0 Å². The normalized spacial score (nSPS) is 12.0. The number of aromatic nitrogens is 1. The van der Waals surface area contributed by atoms with Crippen LogP contribution in [-0.2, 0) is 0 Å². The van der Waals surface area contributed by atoms with E-state index >= 15 is 0 Å². The summed E-state index contributed by atoms with van der Waals surface area (Å²) in [5.74, 6) is -0.272. The van der Waals surface area contributed by atoms with Crippen molar-refractivity contribution in [3.05, 3.63) is 88.2 Å². The summed E-state index contributed by atoms with van der Waals surface area (Å²) in [6.07, 6.45) is 0. The van der Waals surface area contributed by atoms with E-state index in [9.17, 15) is 19.3 Å². The molecule has 32 heavy (non-hydrogen) atoms. The lowest BCUT2D eigenvalue weighted by atomic mass is 10.0. The number of para-hydroxylation sites is 1. The molecule has 0 fully saturated rings. The number of hydrogen-bond acceptors (Lipinski definition) is 6. The number of pyridine rings is 1. The summed E-state index contributed by atoms with van der Waals surface area (Å²) in [6.45, 7) is 0.140. The molecule has 0 unspecified atom stereocenters. The van der Waals surface area contributed by atoms with Crippen LogP contribution in [0.4, 0.5) is 15.8 Å². The highest BCUT2D eigenvalue weighted by molar-refractivity contribution is 6.13. The van der Waals surface area contributed by atoms with Crippen LogP contribution >= 0.6 is 0 Å². The van der Waals surface area contributed by atoms with Crippen molar-refractivity contribution in [3.63, 3.8) is 0 Å². The minimum absolute atomic E-state index is 0.105. The predicted octanol–water partition coefficient (Wildman–Crippen LogP) is 4.93. The van der Waals surface area contributed by atoms with E-state index in [1.165, 1.54) is 6.07 Å². The van der Waals surface area contributed by atoms with E-state index in [4.69, 9.17) is 9.47 Å². The molecule has 0 aliphatic carbocycles. The number of nitro groups is 1. The van der Waals surface area contributed by atoms with Gasteiger partial charge in [0.1, 0.15) is 0 Å². The molecule has 0 atom stereocenters. The summed E-state index contributed by atoms with van der Waals surface area (Å²) in [5, 5.41) is 14.2. The zero-order valence-corrected chi connectivity index (χ0v) is 16.4. The van der Waals surface area contributed by atoms with E-state index in [0.717, 1.165) is 17.7 Å². The molecule has 0 radical (unpaired) electrons. The lowest BCUT2D eigenvalue weighted by molar-refractivity contribution is -0.387. The van der Waals surface area contributed by atoms with Crippen LogP contribution in [-0.4, -0.2) is 22.6 Å². The van der Waals surface area contributed by atoms with Gasteiger partial charge in [-0.1, -0.05) is 18.2 Å². The fraction of sp³-hybridized carbons (Fsp3) is 0.0435. The first kappa shape index (κ1) is 19.4. The monoisotopic (exact) mass is 431 g/mol. The largest absolute Gasteiger partial charge is 0.454 e. The predicted molar refractivity (Wildman–Crippen MR) is 114 cm³/mol. The van der Waals surface area contributed by atoms with Gasteiger partial charge in [0.25, 0.3) is 5.91 Å². The van der Waals surface area contributed by atoms with Gasteiger partial charge in [0, 0.05) is 22.7 Å². The first-order valence-corrected chi connectivity index (χ1v) is 9.55. The third-order valence-electron chi connectivity index (χ3n) is 5.03. The Balaban J connectivity index is 1.57. The van der Waals surface area contributed by atoms with Crippen LogP contribution in [0, 0.1) is 15.9 Å². The highest BCUT2D eigenvalue weighted by Gasteiger charge is 2.19. The van der Waals surface area contributed by atoms with E-state index in [-0.39, 0.29) is 12.5 Å². The molecule has 1 N–H and O–H groups in total. The van der Waals surface area contributed by atoms with Crippen LogP contribution in [0.5, 0.6) is 11.5 Å². The number of hydrogen-bond donors (Lipinski definition) is 1. The van der Waals surface area contributed by atoms with Crippen molar-refractivity contribution in [3.8, 4) is 22.8 Å². The molecule has 0 bridgehead atoms. The summed E-state index contributed by atoms with van der Waals surface area (Å²) in [7, 11) is 0. The van der Waals surface area contributed by atoms with Crippen LogP contribution in [0.1, 0.15) is 10.4 Å². The van der Waals surface area contributed by atoms with E-state index in [1.807, 2.05) is 12.1 Å². The zero-order chi connectivity index (χ0) is 22.2. The number of ether oxygens (including phenoxy) is 2. The zero-order valence-electron chi connectivity index (χ0n) is 16.4. The molecule has 1 aromatic heterocycles. The van der Waals surface area contributed by atoms with Gasteiger partial charge in [0.2, 0.25) is 12.6 Å². The average molecular weight is 431 g/mol. The highest BCUT2D eigenvalue weighted by atomic mass is 19.1. The molecule has 4 aromatic rings. The third-order valence-corrected chi connectivity index (χ3v) is 5.03. The van der Waals surface area contributed by atoms with E-state index in [1.54, 1.807) is 36.4 Å². The number of anilines is 1. The fourth-order valence-corrected chi connectivity index (χ4v) is 3.50. The number of halogens is 1. The SMILES string of the molecule is O=C(Nc1ccc(F)c([N+](=O)[O-])c1)c1cc(-c2ccc3c(c2)OCO3)nc2ccccc12. The van der Waals surface area contributed by atoms with Crippen LogP contribution in [0.15, 0.2) is 66.7 Å². The number of nitrogens with zero attached hydrogens (tertiary/aromatic N) is 2. The quantitative estimate of drug-likeness (QED) is 0.363. The Hall–Kier alpha value is -4.53. The number of fused-ring (bicyclic) bond motifs is 2. The van der Waals surface area contributed by atoms with Crippen molar-refractivity contribution in [2.75, 3.05) is 12.1 Å². The highest BCUT2D eigenvalue weighted by Crippen LogP contribution is 2.36. The maximum Gasteiger partial charge on any atom is 0.306 e. The number of nitrogens with one attached hydrogen (secondary N) is 1. The van der Waals surface area contributed by atoms with Crippen molar-refractivity contribution < 1.29 is 23.6 Å². The molecule has 5 rings (SSSR count). The number of carbonyl (C=O) groups is 1. The molecule has 9 heteroatoms. The van der Waals surface area contributed by atoms with Gasteiger partial charge in [-0.15, -0.1) is 0 Å². The maximum absolute atomic E-state index is 13.6. The first-order valence-electron chi connectivity index (χ1n) is 9.55. The van der Waals surface area contributed by atoms with Gasteiger partial charge in [-0.25, -0.2) is 4.98 Å². The van der Waals surface area contributed by atoms with Crippen molar-refractivity contribution in [2.45, 2.75) is 0 Å². The van der Waals surface area contributed by atoms with Crippen molar-refractivity contribution in [1.82, 2.24) is 4.98 Å². The van der Waals surface area contributed by atoms with Gasteiger partial charge >= 0.3 is 5.69 Å². The van der Waals surface area contributed by atoms with Gasteiger partial charge in [-0.2, -0.15) is 4.39 Å². The topological polar surface area (TPSA) is 104 Å². The standard InChI is InChI=1S/C23H14FN3O5/c24-17-7-6-14(10-20(17)27(29)30)25-23(28)16-11-19(26-18-4-2-1-3-15(16)18)13-5-8-21-22(9-13)32-12-31-21/h1-11H,12H2,(H,25,28). The molecular weight excluding hydrogens is 417 g/mol. The smallest absolute Gasteiger partial charge is 0.306 e. The Morgan fingerprint density at radius 1 is 1.03 bits per heavy atom. The van der Waals surface area contributed by atoms with Crippen molar-refractivity contribution in [1.29, 1.82) is 0 Å². The van der Waals surface area contributed by atoms with Crippen molar-refractivity contribution >= 4 is 28.2 Å². The van der Waals surface area contributed by atoms with Gasteiger partial charge in [-0.3, -0.25) is 14.9 Å². The fourth-order valence-electron chi connectivity index (χ4n) is 3.50. The number of carbonyl (C=O) groups excluding carboxylic acids is 1. The first-order chi connectivity index (χ1) is 15.5. The van der Waals surface area contributed by atoms with E-state index < -0.39 is 22.3 Å². The molecule has 1 aliphatic rings. The lowest BCUT2D eigenvalue weighted by Crippen LogP contribution is -2.13. The summed E-state index contributed by atoms with van der Waals surface area (Å²) in [5.41, 5.74) is 1.56. The Bertz CT molecular complexity index is 1410. The van der Waals surface area contributed by atoms with Crippen LogP contribution < -0.4 is 14.8 Å². The number of nitro benzene ring substituents is 1. The van der Waals surface area contributed by atoms with E-state index in [2.05, 4.69) is 10.3 Å². The molecule has 1 aliphatic heterocycles. The van der Waals surface area contributed by atoms with Crippen LogP contribution in [0.3, 0.4) is 0 Å². The second kappa shape index (κ2) is 7.62. The molecule has 1 amide bonds. The summed E-state index contributed by atoms with van der Waals surface area (Å²) in [6, 6.07) is 17.3. The van der Waals surface area contributed by atoms with Crippen LogP contribution in [0.25, 0.3) is 22.2 Å². The second-order valence-corrected chi connectivity index (χ2v) is 7.02. The molecule has 2 heterocycles. The molecular formula is C23H14FN3O5. The Morgan fingerprint density at radius 3 is 2.69 bits per heavy atom. The average Bonchev–Trinajstić information content (AvgIpc) is 3.27.